The third-order valence-corrected chi connectivity index (χ3v) is 3.56. The third kappa shape index (κ3) is 2.23. The molecule has 0 aliphatic carbocycles. The number of nitrogens with one attached hydrogen (secondary N) is 2. The lowest BCUT2D eigenvalue weighted by Crippen LogP contribution is -2.28. The first kappa shape index (κ1) is 10.3. The zero-order valence-electron chi connectivity index (χ0n) is 7.96. The quantitative estimate of drug-likeness (QED) is 0.814. The van der Waals surface area contributed by atoms with E-state index in [0.717, 1.165) is 11.4 Å². The van der Waals surface area contributed by atoms with Gasteiger partial charge in [-0.15, -0.1) is 11.8 Å². The van der Waals surface area contributed by atoms with Gasteiger partial charge in [-0.25, -0.2) is 10.9 Å². The van der Waals surface area contributed by atoms with Crippen molar-refractivity contribution >= 4 is 23.4 Å². The Morgan fingerprint density at radius 1 is 1.29 bits per heavy atom. The Bertz CT molecular complexity index is 301. The predicted octanol–water partition coefficient (Wildman–Crippen LogP) is 2.57. The molecule has 1 fully saturated rings. The van der Waals surface area contributed by atoms with Crippen LogP contribution in [0, 0.1) is 0 Å². The Morgan fingerprint density at radius 3 is 2.57 bits per heavy atom. The average molecular weight is 229 g/mol. The minimum atomic E-state index is 0.407. The fraction of sp³-hybridized carbons (Fsp3) is 0.400. The van der Waals surface area contributed by atoms with E-state index in [1.807, 2.05) is 23.9 Å². The van der Waals surface area contributed by atoms with Crippen LogP contribution in [0.1, 0.15) is 18.0 Å². The maximum absolute atomic E-state index is 5.83. The van der Waals surface area contributed by atoms with Crippen molar-refractivity contribution in [1.82, 2.24) is 10.9 Å². The highest BCUT2D eigenvalue weighted by molar-refractivity contribution is 7.99. The van der Waals surface area contributed by atoms with Crippen LogP contribution < -0.4 is 10.9 Å². The highest BCUT2D eigenvalue weighted by atomic mass is 35.5. The molecule has 0 radical (unpaired) electrons. The van der Waals surface area contributed by atoms with Crippen molar-refractivity contribution in [3.63, 3.8) is 0 Å². The molecule has 2 nitrogen and oxygen atoms in total. The molecule has 1 saturated heterocycles. The minimum absolute atomic E-state index is 0.407. The van der Waals surface area contributed by atoms with E-state index in [1.165, 1.54) is 5.56 Å². The smallest absolute Gasteiger partial charge is 0.0682 e. The van der Waals surface area contributed by atoms with Gasteiger partial charge in [-0.05, 0) is 30.4 Å². The van der Waals surface area contributed by atoms with Gasteiger partial charge in [0, 0.05) is 11.1 Å². The topological polar surface area (TPSA) is 24.1 Å². The molecule has 2 N–H and O–H groups in total. The lowest BCUT2D eigenvalue weighted by Gasteiger charge is -2.08. The molecule has 1 aliphatic rings. The molecule has 0 bridgehead atoms. The molecule has 2 unspecified atom stereocenters. The van der Waals surface area contributed by atoms with E-state index >= 15 is 0 Å². The van der Waals surface area contributed by atoms with E-state index in [4.69, 9.17) is 11.6 Å². The van der Waals surface area contributed by atoms with Crippen LogP contribution in [0.25, 0.3) is 0 Å². The standard InChI is InChI=1S/C10H13ClN2S/c1-14-10-6-9(12-13-10)7-2-4-8(11)5-3-7/h2-5,9-10,12-13H,6H2,1H3. The average Bonchev–Trinajstić information content (AvgIpc) is 2.67. The first-order chi connectivity index (χ1) is 6.79. The predicted molar refractivity (Wildman–Crippen MR) is 62.4 cm³/mol. The highest BCUT2D eigenvalue weighted by Crippen LogP contribution is 2.26. The number of hydrazine groups is 1. The maximum Gasteiger partial charge on any atom is 0.0682 e. The fourth-order valence-electron chi connectivity index (χ4n) is 1.60. The van der Waals surface area contributed by atoms with Crippen LogP contribution in [0.5, 0.6) is 0 Å². The molecule has 2 rings (SSSR count). The first-order valence-corrected chi connectivity index (χ1v) is 6.25. The second-order valence-electron chi connectivity index (χ2n) is 3.35. The summed E-state index contributed by atoms with van der Waals surface area (Å²) >= 11 is 7.67. The summed E-state index contributed by atoms with van der Waals surface area (Å²) in [6.07, 6.45) is 3.23. The highest BCUT2D eigenvalue weighted by Gasteiger charge is 2.23. The number of hydrogen-bond donors (Lipinski definition) is 2. The molecule has 0 aromatic heterocycles. The molecule has 0 spiro atoms. The lowest BCUT2D eigenvalue weighted by molar-refractivity contribution is 0.578. The number of thioether (sulfide) groups is 1. The maximum atomic E-state index is 5.83. The van der Waals surface area contributed by atoms with Crippen molar-refractivity contribution in [3.05, 3.63) is 34.9 Å². The van der Waals surface area contributed by atoms with E-state index in [9.17, 15) is 0 Å². The summed E-state index contributed by atoms with van der Waals surface area (Å²) in [6.45, 7) is 0. The Labute approximate surface area is 93.4 Å². The van der Waals surface area contributed by atoms with Gasteiger partial charge in [-0.1, -0.05) is 23.7 Å². The molecule has 4 heteroatoms. The Hall–Kier alpha value is -0.220. The van der Waals surface area contributed by atoms with Crippen LogP contribution in [-0.4, -0.2) is 11.6 Å². The van der Waals surface area contributed by atoms with Crippen molar-refractivity contribution in [2.24, 2.45) is 0 Å². The molecule has 1 aromatic carbocycles. The minimum Gasteiger partial charge on any atom is -0.249 e. The zero-order valence-corrected chi connectivity index (χ0v) is 9.53. The summed E-state index contributed by atoms with van der Waals surface area (Å²) in [4.78, 5) is 0. The SMILES string of the molecule is CSC1CC(c2ccc(Cl)cc2)NN1. The zero-order chi connectivity index (χ0) is 9.97. The molecule has 0 amide bonds. The van der Waals surface area contributed by atoms with Crippen LogP contribution in [0.4, 0.5) is 0 Å². The summed E-state index contributed by atoms with van der Waals surface area (Å²) in [5.41, 5.74) is 7.82. The molecule has 0 saturated carbocycles. The molecule has 2 atom stereocenters. The van der Waals surface area contributed by atoms with E-state index < -0.39 is 0 Å². The van der Waals surface area contributed by atoms with Gasteiger partial charge >= 0.3 is 0 Å². The number of benzene rings is 1. The van der Waals surface area contributed by atoms with E-state index in [1.54, 1.807) is 0 Å². The van der Waals surface area contributed by atoms with Crippen LogP contribution >= 0.6 is 23.4 Å². The largest absolute Gasteiger partial charge is 0.249 e. The van der Waals surface area contributed by atoms with Gasteiger partial charge in [0.15, 0.2) is 0 Å². The van der Waals surface area contributed by atoms with Crippen molar-refractivity contribution in [2.45, 2.75) is 17.8 Å². The number of rotatable bonds is 2. The van der Waals surface area contributed by atoms with E-state index in [-0.39, 0.29) is 0 Å². The van der Waals surface area contributed by atoms with Gasteiger partial charge < -0.3 is 0 Å². The second-order valence-corrected chi connectivity index (χ2v) is 4.83. The van der Waals surface area contributed by atoms with Crippen LogP contribution in [0.2, 0.25) is 5.02 Å². The molecule has 14 heavy (non-hydrogen) atoms. The van der Waals surface area contributed by atoms with Crippen molar-refractivity contribution in [2.75, 3.05) is 6.26 Å². The summed E-state index contributed by atoms with van der Waals surface area (Å²) < 4.78 is 0. The van der Waals surface area contributed by atoms with Crippen molar-refractivity contribution in [1.29, 1.82) is 0 Å². The van der Waals surface area contributed by atoms with Gasteiger partial charge in [0.2, 0.25) is 0 Å². The molecular weight excluding hydrogens is 216 g/mol. The van der Waals surface area contributed by atoms with Crippen LogP contribution in [0.15, 0.2) is 24.3 Å². The van der Waals surface area contributed by atoms with Gasteiger partial charge in [0.1, 0.15) is 0 Å². The summed E-state index contributed by atoms with van der Waals surface area (Å²) in [6, 6.07) is 8.43. The monoisotopic (exact) mass is 228 g/mol. The van der Waals surface area contributed by atoms with Crippen molar-refractivity contribution in [3.8, 4) is 0 Å². The van der Waals surface area contributed by atoms with Crippen molar-refractivity contribution < 1.29 is 0 Å². The lowest BCUT2D eigenvalue weighted by atomic mass is 10.1. The summed E-state index contributed by atoms with van der Waals surface area (Å²) in [5, 5.41) is 1.30. The van der Waals surface area contributed by atoms with Gasteiger partial charge in [-0.3, -0.25) is 0 Å². The first-order valence-electron chi connectivity index (χ1n) is 4.59. The van der Waals surface area contributed by atoms with Gasteiger partial charge in [-0.2, -0.15) is 0 Å². The molecule has 76 valence electrons. The molecule has 1 aromatic rings. The van der Waals surface area contributed by atoms with E-state index in [0.29, 0.717) is 11.4 Å². The molecular formula is C10H13ClN2S. The normalized spacial score (nSPS) is 26.7. The van der Waals surface area contributed by atoms with Gasteiger partial charge in [0.05, 0.1) is 5.37 Å². The van der Waals surface area contributed by atoms with Gasteiger partial charge in [0.25, 0.3) is 0 Å². The number of hydrogen-bond acceptors (Lipinski definition) is 3. The molecule has 1 aliphatic heterocycles. The van der Waals surface area contributed by atoms with Crippen LogP contribution in [0.3, 0.4) is 0 Å². The number of halogens is 1. The van der Waals surface area contributed by atoms with E-state index in [2.05, 4.69) is 29.2 Å². The summed E-state index contributed by atoms with van der Waals surface area (Å²) in [5.74, 6) is 0. The summed E-state index contributed by atoms with van der Waals surface area (Å²) in [7, 11) is 0. The Balaban J connectivity index is 2.06. The molecule has 1 heterocycles. The second kappa shape index (κ2) is 4.53. The fourth-order valence-corrected chi connectivity index (χ4v) is 2.29. The third-order valence-electron chi connectivity index (χ3n) is 2.43. The Kier molecular flexibility index (Phi) is 3.34. The van der Waals surface area contributed by atoms with Crippen LogP contribution in [-0.2, 0) is 0 Å². The Morgan fingerprint density at radius 2 is 2.00 bits per heavy atom.